The Hall–Kier alpha value is -1.51. The summed E-state index contributed by atoms with van der Waals surface area (Å²) in [5.74, 6) is 0.582. The van der Waals surface area contributed by atoms with Gasteiger partial charge in [-0.05, 0) is 18.6 Å². The van der Waals surface area contributed by atoms with Crippen molar-refractivity contribution < 1.29 is 0 Å². The number of hydrogen-bond acceptors (Lipinski definition) is 2. The predicted octanol–water partition coefficient (Wildman–Crippen LogP) is 3.51. The monoisotopic (exact) mass is 207 g/mol. The molecule has 84 valence electrons. The number of nitrogen functional groups attached to an aromatic ring is 1. The number of hydrogen-bond donors (Lipinski definition) is 2. The third-order valence-electron chi connectivity index (χ3n) is 1.83. The normalized spacial score (nSPS) is 8.60. The average Bonchev–Trinajstić information content (AvgIpc) is 2.68. The number of aromatic amines is 1. The molecule has 0 bridgehead atoms. The zero-order chi connectivity index (χ0) is 11.8. The van der Waals surface area contributed by atoms with Gasteiger partial charge in [0.15, 0.2) is 5.82 Å². The molecule has 0 aliphatic heterocycles. The molecule has 0 spiro atoms. The summed E-state index contributed by atoms with van der Waals surface area (Å²) in [6, 6.07) is 5.97. The van der Waals surface area contributed by atoms with E-state index in [2.05, 4.69) is 10.2 Å². The van der Waals surface area contributed by atoms with Crippen LogP contribution >= 0.6 is 0 Å². The Morgan fingerprint density at radius 3 is 2.27 bits per heavy atom. The van der Waals surface area contributed by atoms with Gasteiger partial charge in [-0.1, -0.05) is 39.8 Å². The lowest BCUT2D eigenvalue weighted by molar-refractivity contribution is 1.13. The molecule has 15 heavy (non-hydrogen) atoms. The van der Waals surface area contributed by atoms with Gasteiger partial charge in [0.1, 0.15) is 0 Å². The van der Waals surface area contributed by atoms with Gasteiger partial charge in [-0.25, -0.2) is 0 Å². The number of fused-ring (bicyclic) bond motifs is 1. The van der Waals surface area contributed by atoms with Crippen LogP contribution in [0.5, 0.6) is 0 Å². The van der Waals surface area contributed by atoms with Crippen LogP contribution < -0.4 is 5.73 Å². The first kappa shape index (κ1) is 13.5. The van der Waals surface area contributed by atoms with Crippen LogP contribution in [0.4, 0.5) is 5.82 Å². The maximum absolute atomic E-state index is 5.63. The molecular weight excluding hydrogens is 186 g/mol. The van der Waals surface area contributed by atoms with Gasteiger partial charge >= 0.3 is 0 Å². The Kier molecular flexibility index (Phi) is 6.18. The van der Waals surface area contributed by atoms with E-state index in [9.17, 15) is 0 Å². The zero-order valence-electron chi connectivity index (χ0n) is 10.3. The fourth-order valence-electron chi connectivity index (χ4n) is 1.28. The number of anilines is 1. The number of rotatable bonds is 0. The number of nitrogens with two attached hydrogens (primary N) is 1. The second-order valence-electron chi connectivity index (χ2n) is 2.61. The molecule has 0 fully saturated rings. The van der Waals surface area contributed by atoms with Crippen molar-refractivity contribution in [2.24, 2.45) is 0 Å². The van der Waals surface area contributed by atoms with Crippen LogP contribution in [0.25, 0.3) is 10.9 Å². The second-order valence-corrected chi connectivity index (χ2v) is 2.61. The summed E-state index contributed by atoms with van der Waals surface area (Å²) in [5.41, 5.74) is 7.80. The Bertz CT molecular complexity index is 391. The minimum absolute atomic E-state index is 0.582. The summed E-state index contributed by atoms with van der Waals surface area (Å²) in [6.45, 7) is 10.0. The Labute approximate surface area is 91.7 Å². The van der Waals surface area contributed by atoms with Gasteiger partial charge in [-0.2, -0.15) is 5.10 Å². The fraction of sp³-hybridized carbons (Fsp3) is 0.417. The van der Waals surface area contributed by atoms with E-state index >= 15 is 0 Å². The summed E-state index contributed by atoms with van der Waals surface area (Å²) < 4.78 is 0. The number of aromatic nitrogens is 2. The number of nitrogens with one attached hydrogen (secondary N) is 1. The van der Waals surface area contributed by atoms with Crippen LogP contribution in [0.2, 0.25) is 0 Å². The summed E-state index contributed by atoms with van der Waals surface area (Å²) in [5, 5.41) is 7.80. The highest BCUT2D eigenvalue weighted by atomic mass is 15.1. The molecule has 0 saturated carbocycles. The van der Waals surface area contributed by atoms with Gasteiger partial charge in [0.25, 0.3) is 0 Å². The molecule has 0 aliphatic carbocycles. The van der Waals surface area contributed by atoms with Crippen molar-refractivity contribution in [3.05, 3.63) is 23.8 Å². The quantitative estimate of drug-likeness (QED) is 0.694. The number of aryl methyl sites for hydroxylation is 1. The first-order chi connectivity index (χ1) is 7.29. The third-order valence-corrected chi connectivity index (χ3v) is 1.83. The molecule has 1 heterocycles. The molecule has 0 radical (unpaired) electrons. The van der Waals surface area contributed by atoms with Crippen molar-refractivity contribution in [1.29, 1.82) is 0 Å². The first-order valence-electron chi connectivity index (χ1n) is 5.48. The third kappa shape index (κ3) is 2.98. The van der Waals surface area contributed by atoms with Crippen molar-refractivity contribution in [2.75, 3.05) is 5.73 Å². The van der Waals surface area contributed by atoms with Crippen LogP contribution in [0, 0.1) is 6.92 Å². The van der Waals surface area contributed by atoms with Gasteiger partial charge in [-0.3, -0.25) is 5.10 Å². The molecule has 2 rings (SSSR count). The minimum atomic E-state index is 0.582. The van der Waals surface area contributed by atoms with Crippen molar-refractivity contribution in [2.45, 2.75) is 34.6 Å². The van der Waals surface area contributed by atoms with Crippen molar-refractivity contribution >= 4 is 16.7 Å². The van der Waals surface area contributed by atoms with Gasteiger partial charge in [0.2, 0.25) is 0 Å². The van der Waals surface area contributed by atoms with Crippen LogP contribution in [0.3, 0.4) is 0 Å². The first-order valence-corrected chi connectivity index (χ1v) is 5.48. The Morgan fingerprint density at radius 2 is 1.73 bits per heavy atom. The smallest absolute Gasteiger partial charge is 0.153 e. The molecule has 1 aromatic carbocycles. The van der Waals surface area contributed by atoms with Crippen LogP contribution in [-0.2, 0) is 0 Å². The lowest BCUT2D eigenvalue weighted by atomic mass is 10.1. The fourth-order valence-corrected chi connectivity index (χ4v) is 1.28. The van der Waals surface area contributed by atoms with E-state index in [4.69, 9.17) is 5.73 Å². The standard InChI is InChI=1S/C8H9N3.2C2H6/c1-5-3-2-4-6-7(5)8(9)11-10-6;2*1-2/h2-4H,1H3,(H3,9,10,11);2*1-2H3. The average molecular weight is 207 g/mol. The largest absolute Gasteiger partial charge is 0.382 e. The van der Waals surface area contributed by atoms with Crippen molar-refractivity contribution in [1.82, 2.24) is 10.2 Å². The molecular formula is C12H21N3. The van der Waals surface area contributed by atoms with Gasteiger partial charge in [0.05, 0.1) is 5.52 Å². The predicted molar refractivity (Wildman–Crippen MR) is 67.9 cm³/mol. The van der Waals surface area contributed by atoms with E-state index in [1.807, 2.05) is 52.8 Å². The minimum Gasteiger partial charge on any atom is -0.382 e. The van der Waals surface area contributed by atoms with Crippen LogP contribution in [0.15, 0.2) is 18.2 Å². The van der Waals surface area contributed by atoms with Crippen LogP contribution in [0.1, 0.15) is 33.3 Å². The Morgan fingerprint density at radius 1 is 1.13 bits per heavy atom. The van der Waals surface area contributed by atoms with E-state index in [0.717, 1.165) is 16.5 Å². The molecule has 1 aromatic heterocycles. The molecule has 0 unspecified atom stereocenters. The van der Waals surface area contributed by atoms with E-state index in [0.29, 0.717) is 5.82 Å². The molecule has 0 aliphatic rings. The molecule has 0 amide bonds. The van der Waals surface area contributed by atoms with Gasteiger partial charge in [-0.15, -0.1) is 0 Å². The summed E-state index contributed by atoms with van der Waals surface area (Å²) in [4.78, 5) is 0. The summed E-state index contributed by atoms with van der Waals surface area (Å²) >= 11 is 0. The van der Waals surface area contributed by atoms with E-state index in [1.165, 1.54) is 0 Å². The maximum atomic E-state index is 5.63. The topological polar surface area (TPSA) is 54.7 Å². The lowest BCUT2D eigenvalue weighted by Gasteiger charge is -1.93. The molecule has 3 N–H and O–H groups in total. The molecule has 3 nitrogen and oxygen atoms in total. The number of H-pyrrole nitrogens is 1. The van der Waals surface area contributed by atoms with Crippen molar-refractivity contribution in [3.63, 3.8) is 0 Å². The number of benzene rings is 1. The van der Waals surface area contributed by atoms with E-state index in [1.54, 1.807) is 0 Å². The van der Waals surface area contributed by atoms with Gasteiger partial charge in [0, 0.05) is 5.39 Å². The summed E-state index contributed by atoms with van der Waals surface area (Å²) in [6.07, 6.45) is 0. The Balaban J connectivity index is 0.000000442. The molecule has 0 atom stereocenters. The van der Waals surface area contributed by atoms with E-state index in [-0.39, 0.29) is 0 Å². The highest BCUT2D eigenvalue weighted by molar-refractivity contribution is 5.91. The van der Waals surface area contributed by atoms with E-state index < -0.39 is 0 Å². The number of nitrogens with zero attached hydrogens (tertiary/aromatic N) is 1. The lowest BCUT2D eigenvalue weighted by Crippen LogP contribution is -1.85. The summed E-state index contributed by atoms with van der Waals surface area (Å²) in [7, 11) is 0. The maximum Gasteiger partial charge on any atom is 0.153 e. The molecule has 2 aromatic rings. The SMILES string of the molecule is CC.CC.Cc1cccc2[nH]nc(N)c12. The van der Waals surface area contributed by atoms with Crippen LogP contribution in [-0.4, -0.2) is 10.2 Å². The molecule has 0 saturated heterocycles. The zero-order valence-corrected chi connectivity index (χ0v) is 10.3. The van der Waals surface area contributed by atoms with Gasteiger partial charge < -0.3 is 5.73 Å². The van der Waals surface area contributed by atoms with Crippen molar-refractivity contribution in [3.8, 4) is 0 Å². The molecule has 3 heteroatoms. The highest BCUT2D eigenvalue weighted by Gasteiger charge is 2.02. The highest BCUT2D eigenvalue weighted by Crippen LogP contribution is 2.20. The second kappa shape index (κ2) is 6.87.